The summed E-state index contributed by atoms with van der Waals surface area (Å²) in [6.07, 6.45) is 0. The fourth-order valence-electron chi connectivity index (χ4n) is 0. The van der Waals surface area contributed by atoms with Gasteiger partial charge in [-0.2, -0.15) is 0 Å². The van der Waals surface area contributed by atoms with Crippen LogP contribution in [0.3, 0.4) is 0 Å². The van der Waals surface area contributed by atoms with Gasteiger partial charge in [-0.25, -0.2) is 0 Å². The van der Waals surface area contributed by atoms with Crippen LogP contribution in [0.4, 0.5) is 0 Å². The van der Waals surface area contributed by atoms with Gasteiger partial charge in [0.05, 0.1) is 5.60 Å². The zero-order valence-electron chi connectivity index (χ0n) is 4.64. The second kappa shape index (κ2) is 3.24. The van der Waals surface area contributed by atoms with Gasteiger partial charge in [-0.1, -0.05) is 0 Å². The Morgan fingerprint density at radius 2 is 1.71 bits per heavy atom. The molecule has 0 fully saturated rings. The maximum absolute atomic E-state index is 8.70. The molecule has 0 aliphatic heterocycles. The predicted octanol–water partition coefficient (Wildman–Crippen LogP) is 0.138. The van der Waals surface area contributed by atoms with Crippen LogP contribution in [0.15, 0.2) is 0 Å². The minimum Gasteiger partial charge on any atom is -0.389 e. The fraction of sp³-hybridized carbons (Fsp3) is 1.00. The first-order valence-corrected chi connectivity index (χ1v) is 1.99. The van der Waals surface area contributed by atoms with Crippen molar-refractivity contribution in [3.05, 3.63) is 0 Å². The zero-order valence-corrected chi connectivity index (χ0v) is 5.46. The molecule has 3 heteroatoms. The Morgan fingerprint density at radius 1 is 1.57 bits per heavy atom. The molecule has 0 aliphatic rings. The molecule has 0 heterocycles. The summed E-state index contributed by atoms with van der Waals surface area (Å²) in [5.41, 5.74) is 4.38. The highest BCUT2D eigenvalue weighted by molar-refractivity contribution is 5.85. The van der Waals surface area contributed by atoms with Gasteiger partial charge in [0.1, 0.15) is 0 Å². The van der Waals surface area contributed by atoms with E-state index in [9.17, 15) is 0 Å². The lowest BCUT2D eigenvalue weighted by Gasteiger charge is -2.11. The highest BCUT2D eigenvalue weighted by Crippen LogP contribution is 1.93. The number of aliphatic hydroxyl groups is 1. The van der Waals surface area contributed by atoms with E-state index in [1.54, 1.807) is 13.8 Å². The highest BCUT2D eigenvalue weighted by Gasteiger charge is 2.06. The zero-order chi connectivity index (χ0) is 5.21. The van der Waals surface area contributed by atoms with Gasteiger partial charge < -0.3 is 10.8 Å². The number of hydrogen-bond acceptors (Lipinski definition) is 2. The maximum Gasteiger partial charge on any atom is 0.0713 e. The van der Waals surface area contributed by atoms with Crippen LogP contribution in [0.25, 0.3) is 0 Å². The van der Waals surface area contributed by atoms with Crippen LogP contribution in [0.2, 0.25) is 0 Å². The third-order valence-corrected chi connectivity index (χ3v) is 0.500. The molecule has 0 aliphatic carbocycles. The van der Waals surface area contributed by atoms with Crippen molar-refractivity contribution < 1.29 is 5.11 Å². The second-order valence-corrected chi connectivity index (χ2v) is 2.02. The molecule has 0 spiro atoms. The molecular weight excluding hydrogens is 114 g/mol. The molecule has 0 amide bonds. The van der Waals surface area contributed by atoms with Gasteiger partial charge in [0.25, 0.3) is 0 Å². The Morgan fingerprint density at radius 3 is 1.71 bits per heavy atom. The van der Waals surface area contributed by atoms with E-state index in [1.165, 1.54) is 0 Å². The molecule has 0 aromatic carbocycles. The van der Waals surface area contributed by atoms with Crippen molar-refractivity contribution in [1.82, 2.24) is 0 Å². The van der Waals surface area contributed by atoms with E-state index >= 15 is 0 Å². The third kappa shape index (κ3) is 10.7. The predicted molar refractivity (Wildman–Crippen MR) is 32.6 cm³/mol. The summed E-state index contributed by atoms with van der Waals surface area (Å²) in [6.45, 7) is 3.67. The Balaban J connectivity index is 0. The van der Waals surface area contributed by atoms with Crippen molar-refractivity contribution in [2.45, 2.75) is 19.4 Å². The largest absolute Gasteiger partial charge is 0.389 e. The maximum atomic E-state index is 8.70. The average molecular weight is 126 g/mol. The van der Waals surface area contributed by atoms with Crippen molar-refractivity contribution >= 4 is 12.4 Å². The Labute approximate surface area is 50.1 Å². The van der Waals surface area contributed by atoms with E-state index < -0.39 is 5.60 Å². The average Bonchev–Trinajstić information content (AvgIpc) is 1.35. The van der Waals surface area contributed by atoms with Crippen LogP contribution < -0.4 is 5.73 Å². The van der Waals surface area contributed by atoms with Crippen molar-refractivity contribution in [3.63, 3.8) is 0 Å². The summed E-state index contributed by atoms with van der Waals surface area (Å²) in [5.74, 6) is 0. The van der Waals surface area contributed by atoms with Gasteiger partial charge in [0, 0.05) is 6.54 Å². The van der Waals surface area contributed by atoms with E-state index in [0.29, 0.717) is 6.54 Å². The number of halogens is 1. The normalized spacial score (nSPS) is 10.3. The van der Waals surface area contributed by atoms with Gasteiger partial charge in [-0.3, -0.25) is 0 Å². The summed E-state index contributed by atoms with van der Waals surface area (Å²) in [6, 6.07) is 0. The number of hydrogen-bond donors (Lipinski definition) is 2. The van der Waals surface area contributed by atoms with E-state index in [0.717, 1.165) is 0 Å². The standard InChI is InChI=1S/C4H11NO.ClH/c1-4(2,6)3-5;/h6H,3,5H2,1-2H3;1H. The van der Waals surface area contributed by atoms with Crippen molar-refractivity contribution in [2.75, 3.05) is 6.54 Å². The molecule has 0 bridgehead atoms. The molecule has 0 saturated heterocycles. The lowest BCUT2D eigenvalue weighted by atomic mass is 10.1. The van der Waals surface area contributed by atoms with Crippen molar-refractivity contribution in [3.8, 4) is 0 Å². The molecule has 0 radical (unpaired) electrons. The molecule has 3 N–H and O–H groups in total. The minimum atomic E-state index is -0.681. The van der Waals surface area contributed by atoms with E-state index in [4.69, 9.17) is 10.8 Å². The highest BCUT2D eigenvalue weighted by atomic mass is 35.5. The first-order chi connectivity index (χ1) is 2.56. The van der Waals surface area contributed by atoms with Gasteiger partial charge in [0.2, 0.25) is 0 Å². The smallest absolute Gasteiger partial charge is 0.0713 e. The molecule has 0 aromatic heterocycles. The number of rotatable bonds is 1. The molecule has 2 nitrogen and oxygen atoms in total. The SMILES string of the molecule is CC(C)(O)CN.Cl. The van der Waals surface area contributed by atoms with Crippen LogP contribution in [-0.2, 0) is 0 Å². The first-order valence-electron chi connectivity index (χ1n) is 1.99. The monoisotopic (exact) mass is 125 g/mol. The molecule has 7 heavy (non-hydrogen) atoms. The van der Waals surface area contributed by atoms with Crippen LogP contribution in [-0.4, -0.2) is 17.3 Å². The summed E-state index contributed by atoms with van der Waals surface area (Å²) >= 11 is 0. The molecule has 0 saturated carbocycles. The van der Waals surface area contributed by atoms with Crippen LogP contribution in [0.5, 0.6) is 0 Å². The van der Waals surface area contributed by atoms with Gasteiger partial charge in [0.15, 0.2) is 0 Å². The molecule has 0 rings (SSSR count). The van der Waals surface area contributed by atoms with E-state index in [1.807, 2.05) is 0 Å². The van der Waals surface area contributed by atoms with Gasteiger partial charge in [-0.05, 0) is 13.8 Å². The van der Waals surface area contributed by atoms with Gasteiger partial charge in [-0.15, -0.1) is 12.4 Å². The summed E-state index contributed by atoms with van der Waals surface area (Å²) in [5, 5.41) is 8.70. The lowest BCUT2D eigenvalue weighted by molar-refractivity contribution is 0.0898. The molecule has 46 valence electrons. The quantitative estimate of drug-likeness (QED) is 0.524. The summed E-state index contributed by atoms with van der Waals surface area (Å²) in [7, 11) is 0. The molecule has 0 unspecified atom stereocenters. The minimum absolute atomic E-state index is 0. The Kier molecular flexibility index (Phi) is 4.75. The van der Waals surface area contributed by atoms with Crippen molar-refractivity contribution in [2.24, 2.45) is 5.73 Å². The topological polar surface area (TPSA) is 46.2 Å². The van der Waals surface area contributed by atoms with Crippen LogP contribution >= 0.6 is 12.4 Å². The molecular formula is C4H12ClNO. The van der Waals surface area contributed by atoms with E-state index in [-0.39, 0.29) is 12.4 Å². The molecule has 0 aromatic rings. The second-order valence-electron chi connectivity index (χ2n) is 2.02. The molecule has 0 atom stereocenters. The lowest BCUT2D eigenvalue weighted by Crippen LogP contribution is -2.29. The van der Waals surface area contributed by atoms with Crippen molar-refractivity contribution in [1.29, 1.82) is 0 Å². The van der Waals surface area contributed by atoms with E-state index in [2.05, 4.69) is 0 Å². The summed E-state index contributed by atoms with van der Waals surface area (Å²) < 4.78 is 0. The van der Waals surface area contributed by atoms with Crippen LogP contribution in [0.1, 0.15) is 13.8 Å². The number of nitrogens with two attached hydrogens (primary N) is 1. The third-order valence-electron chi connectivity index (χ3n) is 0.500. The van der Waals surface area contributed by atoms with Gasteiger partial charge >= 0.3 is 0 Å². The Bertz CT molecular complexity index is 41.4. The Hall–Kier alpha value is 0.210. The van der Waals surface area contributed by atoms with Crippen LogP contribution in [0, 0.1) is 0 Å². The first kappa shape index (κ1) is 10.2. The fourth-order valence-corrected chi connectivity index (χ4v) is 0. The summed E-state index contributed by atoms with van der Waals surface area (Å²) in [4.78, 5) is 0.